The van der Waals surface area contributed by atoms with Crippen LogP contribution in [0.2, 0.25) is 0 Å². The molecule has 2 aromatic carbocycles. The molecule has 0 radical (unpaired) electrons. The van der Waals surface area contributed by atoms with Crippen molar-refractivity contribution in [3.05, 3.63) is 87.8 Å². The summed E-state index contributed by atoms with van der Waals surface area (Å²) in [4.78, 5) is 40.7. The van der Waals surface area contributed by atoms with Gasteiger partial charge in [0.15, 0.2) is 5.78 Å². The predicted molar refractivity (Wildman–Crippen MR) is 139 cm³/mol. The lowest BCUT2D eigenvalue weighted by molar-refractivity contribution is -0.152. The molecule has 0 aromatic heterocycles. The first-order chi connectivity index (χ1) is 17.8. The maximum Gasteiger partial charge on any atom is 0.336 e. The third kappa shape index (κ3) is 5.03. The van der Waals surface area contributed by atoms with E-state index < -0.39 is 29.7 Å². The van der Waals surface area contributed by atoms with Crippen molar-refractivity contribution in [1.82, 2.24) is 5.32 Å². The van der Waals surface area contributed by atoms with E-state index in [1.165, 1.54) is 0 Å². The van der Waals surface area contributed by atoms with Crippen LogP contribution in [0.1, 0.15) is 55.7 Å². The number of hydrogen-bond acceptors (Lipinski definition) is 7. The zero-order valence-corrected chi connectivity index (χ0v) is 21.9. The van der Waals surface area contributed by atoms with E-state index in [0.717, 1.165) is 16.7 Å². The Morgan fingerprint density at radius 2 is 1.54 bits per heavy atom. The van der Waals surface area contributed by atoms with Gasteiger partial charge in [0.1, 0.15) is 11.7 Å². The van der Waals surface area contributed by atoms with Crippen LogP contribution in [0.3, 0.4) is 0 Å². The number of aryl methyl sites for hydroxylation is 1. The smallest absolute Gasteiger partial charge is 0.336 e. The van der Waals surface area contributed by atoms with Crippen LogP contribution in [0.15, 0.2) is 71.1 Å². The van der Waals surface area contributed by atoms with Crippen LogP contribution in [-0.2, 0) is 23.9 Å². The summed E-state index contributed by atoms with van der Waals surface area (Å²) in [5, 5.41) is 3.32. The van der Waals surface area contributed by atoms with E-state index in [9.17, 15) is 14.4 Å². The Morgan fingerprint density at radius 1 is 0.919 bits per heavy atom. The Labute approximate surface area is 217 Å². The highest BCUT2D eigenvalue weighted by molar-refractivity contribution is 6.13. The van der Waals surface area contributed by atoms with Crippen LogP contribution in [-0.4, -0.2) is 38.0 Å². The van der Waals surface area contributed by atoms with Crippen LogP contribution >= 0.6 is 0 Å². The number of benzene rings is 2. The topological polar surface area (TPSA) is 90.9 Å². The van der Waals surface area contributed by atoms with Crippen LogP contribution < -0.4 is 10.1 Å². The van der Waals surface area contributed by atoms with Gasteiger partial charge in [0.2, 0.25) is 0 Å². The molecule has 0 unspecified atom stereocenters. The highest BCUT2D eigenvalue weighted by Crippen LogP contribution is 2.48. The molecule has 194 valence electrons. The van der Waals surface area contributed by atoms with E-state index in [1.54, 1.807) is 21.0 Å². The Kier molecular flexibility index (Phi) is 7.81. The van der Waals surface area contributed by atoms with Gasteiger partial charge in [0.05, 0.1) is 25.9 Å². The second-order valence-corrected chi connectivity index (χ2v) is 9.30. The lowest BCUT2D eigenvalue weighted by Gasteiger charge is -2.39. The zero-order chi connectivity index (χ0) is 26.7. The second-order valence-electron chi connectivity index (χ2n) is 9.30. The molecule has 37 heavy (non-hydrogen) atoms. The highest BCUT2D eigenvalue weighted by Gasteiger charge is 2.49. The molecular weight excluding hydrogens is 470 g/mol. The standard InChI is InChI=1S/C30H33NO6/c1-6-36-29(33)24-18(4)31-23-16-22(19-12-14-21(35-5)15-13-19)26(30(34)37-7-2)28(32)27(23)25(24)20-10-8-17(3)9-11-20/h8-15,22,25-26,31H,6-7,16H2,1-5H3/t22-,25+,26-/m1/s1. The van der Waals surface area contributed by atoms with E-state index in [-0.39, 0.29) is 19.0 Å². The Morgan fingerprint density at radius 3 is 2.14 bits per heavy atom. The molecule has 1 heterocycles. The molecule has 1 aliphatic heterocycles. The molecule has 3 atom stereocenters. The fraction of sp³-hybridized carbons (Fsp3) is 0.367. The SMILES string of the molecule is CCOC(=O)C1=C(C)NC2=C(C(=O)[C@H](C(=O)OCC)[C@@H](c3ccc(OC)cc3)C2)[C@H]1c1ccc(C)cc1. The van der Waals surface area contributed by atoms with Gasteiger partial charge in [0.25, 0.3) is 0 Å². The average Bonchev–Trinajstić information content (AvgIpc) is 2.88. The van der Waals surface area contributed by atoms with Gasteiger partial charge >= 0.3 is 11.9 Å². The molecule has 0 bridgehead atoms. The number of hydrogen-bond donors (Lipinski definition) is 1. The van der Waals surface area contributed by atoms with Crippen LogP contribution in [0.25, 0.3) is 0 Å². The number of rotatable bonds is 7. The van der Waals surface area contributed by atoms with Gasteiger partial charge in [-0.05, 0) is 57.4 Å². The number of nitrogens with one attached hydrogen (secondary N) is 1. The minimum atomic E-state index is -1.04. The minimum absolute atomic E-state index is 0.163. The summed E-state index contributed by atoms with van der Waals surface area (Å²) in [6.45, 7) is 7.64. The number of Topliss-reactive ketones (excluding diaryl/α,β-unsaturated/α-hetero) is 1. The molecule has 1 N–H and O–H groups in total. The lowest BCUT2D eigenvalue weighted by Crippen LogP contribution is -2.43. The van der Waals surface area contributed by atoms with Crippen molar-refractivity contribution in [3.8, 4) is 5.75 Å². The van der Waals surface area contributed by atoms with E-state index >= 15 is 0 Å². The Bertz CT molecular complexity index is 1260. The quantitative estimate of drug-likeness (QED) is 0.432. The summed E-state index contributed by atoms with van der Waals surface area (Å²) >= 11 is 0. The van der Waals surface area contributed by atoms with Crippen molar-refractivity contribution < 1.29 is 28.6 Å². The molecule has 0 saturated carbocycles. The number of allylic oxidation sites excluding steroid dienone is 3. The molecule has 0 spiro atoms. The van der Waals surface area contributed by atoms with E-state index in [4.69, 9.17) is 14.2 Å². The number of dihydropyridines is 1. The van der Waals surface area contributed by atoms with E-state index in [1.807, 2.05) is 62.4 Å². The minimum Gasteiger partial charge on any atom is -0.497 e. The molecule has 0 saturated heterocycles. The monoisotopic (exact) mass is 503 g/mol. The first-order valence-electron chi connectivity index (χ1n) is 12.6. The van der Waals surface area contributed by atoms with Crippen LogP contribution in [0, 0.1) is 12.8 Å². The van der Waals surface area contributed by atoms with Gasteiger partial charge in [-0.25, -0.2) is 4.79 Å². The van der Waals surface area contributed by atoms with E-state index in [2.05, 4.69) is 5.32 Å². The van der Waals surface area contributed by atoms with Gasteiger partial charge in [-0.1, -0.05) is 42.0 Å². The molecule has 7 nitrogen and oxygen atoms in total. The molecule has 1 aliphatic carbocycles. The fourth-order valence-corrected chi connectivity index (χ4v) is 5.27. The van der Waals surface area contributed by atoms with E-state index in [0.29, 0.717) is 34.7 Å². The summed E-state index contributed by atoms with van der Waals surface area (Å²) in [7, 11) is 1.59. The van der Waals surface area contributed by atoms with Gasteiger partial charge in [-0.3, -0.25) is 9.59 Å². The molecule has 7 heteroatoms. The first kappa shape index (κ1) is 26.2. The van der Waals surface area contributed by atoms with Gasteiger partial charge in [-0.2, -0.15) is 0 Å². The molecule has 4 rings (SSSR count). The summed E-state index contributed by atoms with van der Waals surface area (Å²) in [5.74, 6) is -2.83. The number of methoxy groups -OCH3 is 1. The molecule has 0 amide bonds. The highest BCUT2D eigenvalue weighted by atomic mass is 16.5. The largest absolute Gasteiger partial charge is 0.497 e. The summed E-state index contributed by atoms with van der Waals surface area (Å²) in [5.41, 5.74) is 4.83. The van der Waals surface area contributed by atoms with Crippen molar-refractivity contribution in [2.24, 2.45) is 5.92 Å². The second kappa shape index (κ2) is 11.0. The summed E-state index contributed by atoms with van der Waals surface area (Å²) in [6, 6.07) is 15.1. The zero-order valence-electron chi connectivity index (χ0n) is 21.9. The third-order valence-corrected chi connectivity index (χ3v) is 7.01. The number of ketones is 1. The van der Waals surface area contributed by atoms with Crippen molar-refractivity contribution in [2.45, 2.75) is 46.0 Å². The fourth-order valence-electron chi connectivity index (χ4n) is 5.27. The Balaban J connectivity index is 1.87. The first-order valence-corrected chi connectivity index (χ1v) is 12.6. The van der Waals surface area contributed by atoms with Crippen molar-refractivity contribution in [2.75, 3.05) is 20.3 Å². The average molecular weight is 504 g/mol. The Hall–Kier alpha value is -3.87. The number of carbonyl (C=O) groups is 3. The lowest BCUT2D eigenvalue weighted by atomic mass is 9.67. The summed E-state index contributed by atoms with van der Waals surface area (Å²) in [6.07, 6.45) is 0.409. The normalized spacial score (nSPS) is 21.2. The maximum atomic E-state index is 14.3. The third-order valence-electron chi connectivity index (χ3n) is 7.01. The number of ether oxygens (including phenoxy) is 3. The molecule has 2 aliphatic rings. The molecular formula is C30H33NO6. The van der Waals surface area contributed by atoms with Crippen LogP contribution in [0.5, 0.6) is 5.75 Å². The van der Waals surface area contributed by atoms with Gasteiger partial charge < -0.3 is 19.5 Å². The molecule has 2 aromatic rings. The maximum absolute atomic E-state index is 14.3. The van der Waals surface area contributed by atoms with Gasteiger partial charge in [-0.15, -0.1) is 0 Å². The number of esters is 2. The summed E-state index contributed by atoms with van der Waals surface area (Å²) < 4.78 is 16.1. The van der Waals surface area contributed by atoms with Crippen LogP contribution in [0.4, 0.5) is 0 Å². The molecule has 0 fully saturated rings. The van der Waals surface area contributed by atoms with Crippen molar-refractivity contribution in [1.29, 1.82) is 0 Å². The van der Waals surface area contributed by atoms with Crippen molar-refractivity contribution in [3.63, 3.8) is 0 Å². The van der Waals surface area contributed by atoms with Crippen molar-refractivity contribution >= 4 is 17.7 Å². The number of carbonyl (C=O) groups excluding carboxylic acids is 3. The predicted octanol–water partition coefficient (Wildman–Crippen LogP) is 4.72. The van der Waals surface area contributed by atoms with Gasteiger partial charge in [0, 0.05) is 28.8 Å².